The van der Waals surface area contributed by atoms with Crippen LogP contribution in [0, 0.1) is 6.92 Å². The minimum Gasteiger partial charge on any atom is -0.507 e. The van der Waals surface area contributed by atoms with Crippen LogP contribution < -0.4 is 0 Å². The molecule has 0 bridgehead atoms. The molecule has 1 fully saturated rings. The van der Waals surface area contributed by atoms with Gasteiger partial charge in [-0.1, -0.05) is 24.3 Å². The average molecular weight is 451 g/mol. The molecule has 5 rings (SSSR count). The molecule has 1 N–H and O–H groups in total. The molecule has 0 aliphatic carbocycles. The fourth-order valence-electron chi connectivity index (χ4n) is 4.24. The van der Waals surface area contributed by atoms with Crippen LogP contribution in [-0.2, 0) is 16.1 Å². The molecule has 8 heteroatoms. The molecule has 0 radical (unpaired) electrons. The summed E-state index contributed by atoms with van der Waals surface area (Å²) < 4.78 is 1.68. The lowest BCUT2D eigenvalue weighted by atomic mass is 9.96. The fraction of sp³-hybridized carbons (Fsp3) is 0.115. The molecule has 4 aromatic rings. The number of carbonyl (C=O) groups excluding carboxylic acids is 2. The van der Waals surface area contributed by atoms with Gasteiger partial charge in [0, 0.05) is 31.3 Å². The van der Waals surface area contributed by atoms with Crippen molar-refractivity contribution < 1.29 is 14.7 Å². The third kappa shape index (κ3) is 3.65. The standard InChI is InChI=1S/C26H21N5O3/c1-17-21(15-29-31(17)20-7-3-2-4-8-20)24(32)22-23(19-9-12-27-13-10-19)30(26(34)25(22)33)16-18-6-5-11-28-14-18/h2-15,23,32H,16H2,1H3/b24-22-. The smallest absolute Gasteiger partial charge is 0.295 e. The zero-order chi connectivity index (χ0) is 23.7. The molecule has 1 aliphatic rings. The van der Waals surface area contributed by atoms with Gasteiger partial charge in [-0.2, -0.15) is 5.10 Å². The van der Waals surface area contributed by atoms with Gasteiger partial charge in [-0.05, 0) is 48.4 Å². The van der Waals surface area contributed by atoms with E-state index in [9.17, 15) is 14.7 Å². The number of rotatable bonds is 5. The Morgan fingerprint density at radius 3 is 2.41 bits per heavy atom. The van der Waals surface area contributed by atoms with Crippen LogP contribution in [0.2, 0.25) is 0 Å². The summed E-state index contributed by atoms with van der Waals surface area (Å²) in [6, 6.07) is 15.8. The predicted molar refractivity (Wildman–Crippen MR) is 125 cm³/mol. The maximum Gasteiger partial charge on any atom is 0.295 e. The van der Waals surface area contributed by atoms with Gasteiger partial charge in [0.15, 0.2) is 0 Å². The monoisotopic (exact) mass is 451 g/mol. The normalized spacial score (nSPS) is 17.3. The van der Waals surface area contributed by atoms with Crippen molar-refractivity contribution in [1.29, 1.82) is 0 Å². The first-order chi connectivity index (χ1) is 16.6. The SMILES string of the molecule is Cc1c(/C(O)=C2/C(=O)C(=O)N(Cc3cccnc3)C2c2ccncc2)cnn1-c1ccccc1. The van der Waals surface area contributed by atoms with E-state index in [2.05, 4.69) is 15.1 Å². The summed E-state index contributed by atoms with van der Waals surface area (Å²) in [6.07, 6.45) is 7.99. The van der Waals surface area contributed by atoms with Gasteiger partial charge < -0.3 is 10.0 Å². The van der Waals surface area contributed by atoms with E-state index in [1.54, 1.807) is 47.7 Å². The fourth-order valence-corrected chi connectivity index (χ4v) is 4.24. The number of pyridine rings is 2. The van der Waals surface area contributed by atoms with Crippen molar-refractivity contribution in [3.63, 3.8) is 0 Å². The molecular formula is C26H21N5O3. The number of aromatic nitrogens is 4. The summed E-state index contributed by atoms with van der Waals surface area (Å²) in [5, 5.41) is 15.8. The number of Topliss-reactive ketones (excluding diaryl/α,β-unsaturated/α-hetero) is 1. The van der Waals surface area contributed by atoms with E-state index in [1.807, 2.05) is 43.3 Å². The number of hydrogen-bond acceptors (Lipinski definition) is 6. The molecular weight excluding hydrogens is 430 g/mol. The average Bonchev–Trinajstić information content (AvgIpc) is 3.38. The number of hydrogen-bond donors (Lipinski definition) is 1. The zero-order valence-electron chi connectivity index (χ0n) is 18.4. The van der Waals surface area contributed by atoms with Crippen LogP contribution >= 0.6 is 0 Å². The first-order valence-electron chi connectivity index (χ1n) is 10.7. The lowest BCUT2D eigenvalue weighted by Gasteiger charge is -2.25. The Bertz CT molecular complexity index is 1380. The summed E-state index contributed by atoms with van der Waals surface area (Å²) >= 11 is 0. The second kappa shape index (κ2) is 8.74. The molecule has 1 unspecified atom stereocenters. The number of amides is 1. The highest BCUT2D eigenvalue weighted by Gasteiger charge is 2.46. The van der Waals surface area contributed by atoms with Crippen molar-refractivity contribution in [3.05, 3.63) is 114 Å². The van der Waals surface area contributed by atoms with E-state index in [-0.39, 0.29) is 17.9 Å². The van der Waals surface area contributed by atoms with Gasteiger partial charge in [-0.25, -0.2) is 4.68 Å². The van der Waals surface area contributed by atoms with Crippen molar-refractivity contribution in [3.8, 4) is 5.69 Å². The van der Waals surface area contributed by atoms with Crippen molar-refractivity contribution in [1.82, 2.24) is 24.6 Å². The molecule has 0 spiro atoms. The largest absolute Gasteiger partial charge is 0.507 e. The molecule has 1 atom stereocenters. The van der Waals surface area contributed by atoms with Crippen molar-refractivity contribution in [2.24, 2.45) is 0 Å². The Balaban J connectivity index is 1.64. The molecule has 34 heavy (non-hydrogen) atoms. The first-order valence-corrected chi connectivity index (χ1v) is 10.7. The van der Waals surface area contributed by atoms with Crippen molar-refractivity contribution in [2.45, 2.75) is 19.5 Å². The van der Waals surface area contributed by atoms with Crippen LogP contribution in [0.4, 0.5) is 0 Å². The second-order valence-electron chi connectivity index (χ2n) is 7.96. The van der Waals surface area contributed by atoms with Crippen LogP contribution in [0.5, 0.6) is 0 Å². The highest BCUT2D eigenvalue weighted by atomic mass is 16.3. The quantitative estimate of drug-likeness (QED) is 0.283. The van der Waals surface area contributed by atoms with Crippen LogP contribution in [0.15, 0.2) is 91.2 Å². The summed E-state index contributed by atoms with van der Waals surface area (Å²) in [4.78, 5) is 36.0. The molecule has 0 saturated carbocycles. The summed E-state index contributed by atoms with van der Waals surface area (Å²) in [6.45, 7) is 1.98. The first kappa shape index (κ1) is 21.3. The maximum absolute atomic E-state index is 13.2. The Morgan fingerprint density at radius 1 is 0.941 bits per heavy atom. The summed E-state index contributed by atoms with van der Waals surface area (Å²) in [5.74, 6) is -1.68. The topological polar surface area (TPSA) is 101 Å². The Kier molecular flexibility index (Phi) is 5.47. The lowest BCUT2D eigenvalue weighted by molar-refractivity contribution is -0.140. The molecule has 1 amide bonds. The lowest BCUT2D eigenvalue weighted by Crippen LogP contribution is -2.29. The van der Waals surface area contributed by atoms with Gasteiger partial charge in [-0.15, -0.1) is 0 Å². The Labute approximate surface area is 195 Å². The van der Waals surface area contributed by atoms with Gasteiger partial charge in [0.2, 0.25) is 0 Å². The van der Waals surface area contributed by atoms with Gasteiger partial charge in [0.05, 0.1) is 34.8 Å². The van der Waals surface area contributed by atoms with E-state index in [0.717, 1.165) is 11.3 Å². The minimum atomic E-state index is -0.775. The van der Waals surface area contributed by atoms with E-state index in [4.69, 9.17) is 0 Å². The predicted octanol–water partition coefficient (Wildman–Crippen LogP) is 3.59. The molecule has 168 valence electrons. The number of para-hydroxylation sites is 1. The van der Waals surface area contributed by atoms with Crippen LogP contribution in [0.25, 0.3) is 11.4 Å². The number of nitrogens with zero attached hydrogens (tertiary/aromatic N) is 5. The zero-order valence-corrected chi connectivity index (χ0v) is 18.4. The van der Waals surface area contributed by atoms with E-state index < -0.39 is 17.7 Å². The van der Waals surface area contributed by atoms with E-state index in [0.29, 0.717) is 16.8 Å². The highest BCUT2D eigenvalue weighted by Crippen LogP contribution is 2.40. The maximum atomic E-state index is 13.2. The van der Waals surface area contributed by atoms with Crippen LogP contribution in [-0.4, -0.2) is 41.4 Å². The number of carbonyl (C=O) groups is 2. The van der Waals surface area contributed by atoms with Gasteiger partial charge >= 0.3 is 0 Å². The molecule has 1 saturated heterocycles. The van der Waals surface area contributed by atoms with E-state index >= 15 is 0 Å². The Hall–Kier alpha value is -4.59. The molecule has 3 aromatic heterocycles. The summed E-state index contributed by atoms with van der Waals surface area (Å²) in [7, 11) is 0. The number of aliphatic hydroxyl groups excluding tert-OH is 1. The van der Waals surface area contributed by atoms with Crippen LogP contribution in [0.3, 0.4) is 0 Å². The molecule has 8 nitrogen and oxygen atoms in total. The number of likely N-dealkylation sites (tertiary alicyclic amines) is 1. The molecule has 1 aliphatic heterocycles. The van der Waals surface area contributed by atoms with Gasteiger partial charge in [-0.3, -0.25) is 19.6 Å². The van der Waals surface area contributed by atoms with Crippen LogP contribution in [0.1, 0.15) is 28.4 Å². The number of ketones is 1. The second-order valence-corrected chi connectivity index (χ2v) is 7.96. The van der Waals surface area contributed by atoms with Crippen molar-refractivity contribution in [2.75, 3.05) is 0 Å². The van der Waals surface area contributed by atoms with Crippen molar-refractivity contribution >= 4 is 17.4 Å². The Morgan fingerprint density at radius 2 is 1.71 bits per heavy atom. The third-order valence-electron chi connectivity index (χ3n) is 5.90. The number of aliphatic hydroxyl groups is 1. The molecule has 4 heterocycles. The number of benzene rings is 1. The van der Waals surface area contributed by atoms with Gasteiger partial charge in [0.1, 0.15) is 5.76 Å². The molecule has 1 aromatic carbocycles. The third-order valence-corrected chi connectivity index (χ3v) is 5.90. The van der Waals surface area contributed by atoms with E-state index in [1.165, 1.54) is 11.1 Å². The minimum absolute atomic E-state index is 0.0239. The summed E-state index contributed by atoms with van der Waals surface area (Å²) in [5.41, 5.74) is 3.33. The highest BCUT2D eigenvalue weighted by molar-refractivity contribution is 6.46. The van der Waals surface area contributed by atoms with Gasteiger partial charge in [0.25, 0.3) is 11.7 Å².